The second-order valence-corrected chi connectivity index (χ2v) is 11.6. The van der Waals surface area contributed by atoms with Gasteiger partial charge in [-0.25, -0.2) is 4.79 Å². The third-order valence-electron chi connectivity index (χ3n) is 6.95. The molecule has 3 nitrogen and oxygen atoms in total. The Morgan fingerprint density at radius 2 is 1.33 bits per heavy atom. The molecule has 0 spiro atoms. The van der Waals surface area contributed by atoms with Gasteiger partial charge < -0.3 is 9.47 Å². The number of esters is 1. The molecule has 5 rings (SSSR count). The number of benzene rings is 3. The van der Waals surface area contributed by atoms with Gasteiger partial charge in [-0.2, -0.15) is 0 Å². The van der Waals surface area contributed by atoms with E-state index in [0.717, 1.165) is 25.7 Å². The molecule has 184 valence electrons. The van der Waals surface area contributed by atoms with Crippen LogP contribution in [0.3, 0.4) is 0 Å². The second-order valence-electron chi connectivity index (χ2n) is 9.62. The van der Waals surface area contributed by atoms with Crippen molar-refractivity contribution in [3.05, 3.63) is 84.9 Å². The lowest BCUT2D eigenvalue weighted by Gasteiger charge is -2.23. The Kier molecular flexibility index (Phi) is 7.98. The third-order valence-corrected chi connectivity index (χ3v) is 9.18. The van der Waals surface area contributed by atoms with E-state index >= 15 is 0 Å². The molecule has 0 radical (unpaired) electrons. The lowest BCUT2D eigenvalue weighted by Crippen LogP contribution is -2.32. The van der Waals surface area contributed by atoms with Crippen molar-refractivity contribution in [3.63, 3.8) is 0 Å². The van der Waals surface area contributed by atoms with Crippen molar-refractivity contribution >= 4 is 16.9 Å². The molecule has 0 atom stereocenters. The van der Waals surface area contributed by atoms with Gasteiger partial charge in [0.1, 0.15) is 5.75 Å². The summed E-state index contributed by atoms with van der Waals surface area (Å²) in [4.78, 5) is 16.4. The van der Waals surface area contributed by atoms with Crippen LogP contribution < -0.4 is 4.74 Å². The first-order chi connectivity index (χ1) is 17.7. The number of carbonyl (C=O) groups excluding carboxylic acids is 1. The maximum Gasteiger partial charge on any atom is 0.345 e. The van der Waals surface area contributed by atoms with Gasteiger partial charge in [0.05, 0.1) is 10.9 Å². The molecular weight excluding hydrogens is 464 g/mol. The molecular formula is C32H33O3S+. The average Bonchev–Trinajstić information content (AvgIpc) is 3.61. The molecule has 2 fully saturated rings. The first-order valence-corrected chi connectivity index (χ1v) is 14.3. The van der Waals surface area contributed by atoms with Gasteiger partial charge in [0.2, 0.25) is 0 Å². The summed E-state index contributed by atoms with van der Waals surface area (Å²) in [7, 11) is -0.211. The zero-order valence-electron chi connectivity index (χ0n) is 20.7. The van der Waals surface area contributed by atoms with Gasteiger partial charge in [-0.3, -0.25) is 0 Å². The molecule has 2 aliphatic carbocycles. The van der Waals surface area contributed by atoms with Crippen LogP contribution in [0.5, 0.6) is 5.75 Å². The van der Waals surface area contributed by atoms with Crippen molar-refractivity contribution in [1.29, 1.82) is 0 Å². The monoisotopic (exact) mass is 497 g/mol. The SMILES string of the molecule is O=C(COc1ccc([S+](c2ccccc2)c2ccccc2)cc1)OC1(C#CC2CCCC2)CCCC1. The van der Waals surface area contributed by atoms with Crippen LogP contribution in [0.1, 0.15) is 51.4 Å². The standard InChI is InChI=1S/C32H33O3S/c33-31(35-32(22-9-10-23-32)24-21-26-11-7-8-12-26)25-34-27-17-19-30(20-18-27)36(28-13-3-1-4-14-28)29-15-5-2-6-16-29/h1-6,13-20,26H,7-12,22-23,25H2/q+1. The summed E-state index contributed by atoms with van der Waals surface area (Å²) in [5.41, 5.74) is -0.618. The van der Waals surface area contributed by atoms with Crippen LogP contribution in [0.4, 0.5) is 0 Å². The molecule has 0 aromatic heterocycles. The zero-order valence-corrected chi connectivity index (χ0v) is 21.5. The van der Waals surface area contributed by atoms with Crippen molar-refractivity contribution in [2.75, 3.05) is 6.61 Å². The number of hydrogen-bond acceptors (Lipinski definition) is 3. The Morgan fingerprint density at radius 3 is 1.92 bits per heavy atom. The highest BCUT2D eigenvalue weighted by atomic mass is 32.2. The molecule has 0 heterocycles. The molecule has 4 heteroatoms. The summed E-state index contributed by atoms with van der Waals surface area (Å²) in [6.45, 7) is -0.102. The summed E-state index contributed by atoms with van der Waals surface area (Å²) in [5.74, 6) is 7.58. The van der Waals surface area contributed by atoms with Crippen LogP contribution in [0, 0.1) is 17.8 Å². The summed E-state index contributed by atoms with van der Waals surface area (Å²) in [6.07, 6.45) is 8.63. The quantitative estimate of drug-likeness (QED) is 0.197. The van der Waals surface area contributed by atoms with Crippen LogP contribution in [0.25, 0.3) is 0 Å². The van der Waals surface area contributed by atoms with Gasteiger partial charge in [0.15, 0.2) is 26.9 Å². The molecule has 3 aromatic carbocycles. The Balaban J connectivity index is 1.23. The Labute approximate surface area is 217 Å². The molecule has 0 bridgehead atoms. The molecule has 0 aliphatic heterocycles. The van der Waals surface area contributed by atoms with E-state index in [2.05, 4.69) is 72.5 Å². The van der Waals surface area contributed by atoms with Gasteiger partial charge >= 0.3 is 5.97 Å². The van der Waals surface area contributed by atoms with Crippen LogP contribution in [-0.4, -0.2) is 18.2 Å². The second kappa shape index (κ2) is 11.7. The van der Waals surface area contributed by atoms with Gasteiger partial charge in [-0.05, 0) is 87.1 Å². The van der Waals surface area contributed by atoms with Crippen molar-refractivity contribution in [2.24, 2.45) is 5.92 Å². The van der Waals surface area contributed by atoms with Crippen LogP contribution in [0.2, 0.25) is 0 Å². The van der Waals surface area contributed by atoms with Crippen molar-refractivity contribution in [1.82, 2.24) is 0 Å². The number of ether oxygens (including phenoxy) is 2. The van der Waals surface area contributed by atoms with E-state index in [1.165, 1.54) is 40.4 Å². The summed E-state index contributed by atoms with van der Waals surface area (Å²) < 4.78 is 11.7. The van der Waals surface area contributed by atoms with Gasteiger partial charge in [-0.1, -0.05) is 61.1 Å². The fraction of sp³-hybridized carbons (Fsp3) is 0.344. The van der Waals surface area contributed by atoms with Crippen molar-refractivity contribution in [2.45, 2.75) is 71.7 Å². The van der Waals surface area contributed by atoms with Gasteiger partial charge in [0, 0.05) is 5.92 Å². The first kappa shape index (κ1) is 24.5. The van der Waals surface area contributed by atoms with Crippen molar-refractivity contribution < 1.29 is 14.3 Å². The zero-order chi connectivity index (χ0) is 24.6. The highest BCUT2D eigenvalue weighted by molar-refractivity contribution is 7.97. The fourth-order valence-corrected chi connectivity index (χ4v) is 7.17. The molecule has 3 aromatic rings. The number of hydrogen-bond donors (Lipinski definition) is 0. The normalized spacial score (nSPS) is 16.9. The molecule has 0 unspecified atom stereocenters. The van der Waals surface area contributed by atoms with Crippen LogP contribution in [-0.2, 0) is 20.4 Å². The van der Waals surface area contributed by atoms with Gasteiger partial charge in [-0.15, -0.1) is 0 Å². The predicted octanol–water partition coefficient (Wildman–Crippen LogP) is 7.21. The van der Waals surface area contributed by atoms with E-state index in [1.54, 1.807) is 0 Å². The Morgan fingerprint density at radius 1 is 0.778 bits per heavy atom. The molecule has 2 aliphatic rings. The largest absolute Gasteiger partial charge is 0.482 e. The topological polar surface area (TPSA) is 35.5 Å². The molecule has 2 saturated carbocycles. The molecule has 0 saturated heterocycles. The van der Waals surface area contributed by atoms with Crippen LogP contribution in [0.15, 0.2) is 99.6 Å². The van der Waals surface area contributed by atoms with E-state index in [1.807, 2.05) is 24.3 Å². The Hall–Kier alpha value is -3.16. The smallest absolute Gasteiger partial charge is 0.345 e. The number of carbonyl (C=O) groups is 1. The minimum absolute atomic E-state index is 0.102. The summed E-state index contributed by atoms with van der Waals surface area (Å²) in [6, 6.07) is 29.2. The van der Waals surface area contributed by atoms with Crippen LogP contribution >= 0.6 is 0 Å². The minimum atomic E-state index is -0.618. The van der Waals surface area contributed by atoms with E-state index in [9.17, 15) is 4.79 Å². The summed E-state index contributed by atoms with van der Waals surface area (Å²) >= 11 is 0. The lowest BCUT2D eigenvalue weighted by atomic mass is 10.0. The predicted molar refractivity (Wildman–Crippen MR) is 144 cm³/mol. The number of rotatable bonds is 7. The average molecular weight is 498 g/mol. The maximum atomic E-state index is 12.7. The molecule has 0 amide bonds. The van der Waals surface area contributed by atoms with E-state index in [-0.39, 0.29) is 23.5 Å². The molecule has 0 N–H and O–H groups in total. The maximum absolute atomic E-state index is 12.7. The lowest BCUT2D eigenvalue weighted by molar-refractivity contribution is -0.156. The third kappa shape index (κ3) is 6.15. The highest BCUT2D eigenvalue weighted by Crippen LogP contribution is 2.34. The molecule has 36 heavy (non-hydrogen) atoms. The van der Waals surface area contributed by atoms with E-state index in [0.29, 0.717) is 11.7 Å². The minimum Gasteiger partial charge on any atom is -0.482 e. The first-order valence-electron chi connectivity index (χ1n) is 13.0. The van der Waals surface area contributed by atoms with Gasteiger partial charge in [0.25, 0.3) is 0 Å². The highest BCUT2D eigenvalue weighted by Gasteiger charge is 2.36. The fourth-order valence-electron chi connectivity index (χ4n) is 5.09. The Bertz CT molecular complexity index is 1140. The van der Waals surface area contributed by atoms with Crippen molar-refractivity contribution in [3.8, 4) is 17.6 Å². The van der Waals surface area contributed by atoms with E-state index in [4.69, 9.17) is 9.47 Å². The summed E-state index contributed by atoms with van der Waals surface area (Å²) in [5, 5.41) is 0. The van der Waals surface area contributed by atoms with E-state index < -0.39 is 5.60 Å².